The number of alkyl halides is 3. The molecule has 2 aromatic carbocycles. The average Bonchev–Trinajstić information content (AvgIpc) is 3.37. The van der Waals surface area contributed by atoms with Crippen molar-refractivity contribution in [3.8, 4) is 0 Å². The molecule has 0 aliphatic carbocycles. The number of hydrogen-bond donors (Lipinski definition) is 0. The molecule has 3 aromatic rings. The van der Waals surface area contributed by atoms with Crippen LogP contribution in [0.1, 0.15) is 32.5 Å². The maximum absolute atomic E-state index is 12.8. The van der Waals surface area contributed by atoms with Crippen molar-refractivity contribution in [3.05, 3.63) is 92.6 Å². The normalized spacial score (nSPS) is 15.9. The summed E-state index contributed by atoms with van der Waals surface area (Å²) in [6.07, 6.45) is -4.66. The quantitative estimate of drug-likeness (QED) is 0.384. The Morgan fingerprint density at radius 1 is 1.00 bits per heavy atom. The number of ether oxygens (including phenoxy) is 1. The Balaban J connectivity index is 1.38. The van der Waals surface area contributed by atoms with Crippen LogP contribution in [0.3, 0.4) is 0 Å². The number of carbonyl (C=O) groups is 1. The molecule has 0 unspecified atom stereocenters. The van der Waals surface area contributed by atoms with Crippen molar-refractivity contribution in [1.29, 1.82) is 0 Å². The minimum atomic E-state index is -4.36. The van der Waals surface area contributed by atoms with Crippen molar-refractivity contribution in [2.24, 2.45) is 0 Å². The summed E-state index contributed by atoms with van der Waals surface area (Å²) in [4.78, 5) is 17.4. The zero-order valence-electron chi connectivity index (χ0n) is 18.3. The third kappa shape index (κ3) is 6.39. The van der Waals surface area contributed by atoms with E-state index in [0.717, 1.165) is 22.6 Å². The molecule has 34 heavy (non-hydrogen) atoms. The van der Waals surface area contributed by atoms with Gasteiger partial charge < -0.3 is 9.64 Å². The molecule has 1 saturated heterocycles. The molecular formula is C25H24ClF3N2O2S. The van der Waals surface area contributed by atoms with Crippen LogP contribution in [0.2, 0.25) is 5.02 Å². The van der Waals surface area contributed by atoms with Crippen molar-refractivity contribution in [1.82, 2.24) is 9.80 Å². The van der Waals surface area contributed by atoms with Crippen LogP contribution in [0.4, 0.5) is 13.2 Å². The van der Waals surface area contributed by atoms with Gasteiger partial charge in [0.15, 0.2) is 0 Å². The predicted molar refractivity (Wildman–Crippen MR) is 127 cm³/mol. The van der Waals surface area contributed by atoms with E-state index >= 15 is 0 Å². The number of rotatable bonds is 7. The van der Waals surface area contributed by atoms with E-state index in [1.807, 2.05) is 34.5 Å². The van der Waals surface area contributed by atoms with E-state index < -0.39 is 11.7 Å². The summed E-state index contributed by atoms with van der Waals surface area (Å²) in [5.74, 6) is 0.0578. The predicted octanol–water partition coefficient (Wildman–Crippen LogP) is 6.14. The summed E-state index contributed by atoms with van der Waals surface area (Å²) < 4.78 is 44.7. The SMILES string of the molecule is O=C(c1cccs1)N1CCN(C[C@H](OCc2ccc(C(F)(F)F)cc2)c2ccc(Cl)cc2)CC1. The van der Waals surface area contributed by atoms with Gasteiger partial charge in [-0.2, -0.15) is 13.2 Å². The molecule has 0 radical (unpaired) electrons. The van der Waals surface area contributed by atoms with Gasteiger partial charge in [-0.15, -0.1) is 11.3 Å². The molecule has 1 amide bonds. The Kier molecular flexibility index (Phi) is 7.93. The van der Waals surface area contributed by atoms with Crippen molar-refractivity contribution < 1.29 is 22.7 Å². The highest BCUT2D eigenvalue weighted by Gasteiger charge is 2.30. The first-order valence-electron chi connectivity index (χ1n) is 10.9. The molecule has 1 aliphatic heterocycles. The van der Waals surface area contributed by atoms with E-state index in [-0.39, 0.29) is 18.6 Å². The van der Waals surface area contributed by atoms with Crippen LogP contribution in [0.25, 0.3) is 0 Å². The van der Waals surface area contributed by atoms with Gasteiger partial charge in [0.1, 0.15) is 0 Å². The number of benzene rings is 2. The van der Waals surface area contributed by atoms with E-state index in [0.29, 0.717) is 43.3 Å². The molecule has 1 atom stereocenters. The number of hydrogen-bond acceptors (Lipinski definition) is 4. The van der Waals surface area contributed by atoms with E-state index in [1.165, 1.54) is 23.5 Å². The Bertz CT molecular complexity index is 1070. The molecule has 180 valence electrons. The molecule has 0 spiro atoms. The molecule has 4 rings (SSSR count). The molecule has 4 nitrogen and oxygen atoms in total. The number of amides is 1. The maximum atomic E-state index is 12.8. The lowest BCUT2D eigenvalue weighted by Crippen LogP contribution is -2.49. The maximum Gasteiger partial charge on any atom is 0.416 e. The minimum absolute atomic E-state index is 0.0578. The zero-order chi connectivity index (χ0) is 24.1. The minimum Gasteiger partial charge on any atom is -0.368 e. The van der Waals surface area contributed by atoms with E-state index in [9.17, 15) is 18.0 Å². The fourth-order valence-electron chi connectivity index (χ4n) is 3.84. The number of thiophene rings is 1. The Hall–Kier alpha value is -2.39. The van der Waals surface area contributed by atoms with E-state index in [4.69, 9.17) is 16.3 Å². The van der Waals surface area contributed by atoms with Crippen LogP contribution in [-0.2, 0) is 17.5 Å². The molecule has 1 aromatic heterocycles. The van der Waals surface area contributed by atoms with Crippen molar-refractivity contribution in [2.75, 3.05) is 32.7 Å². The van der Waals surface area contributed by atoms with Gasteiger partial charge in [-0.1, -0.05) is 41.9 Å². The summed E-state index contributed by atoms with van der Waals surface area (Å²) in [6, 6.07) is 16.1. The monoisotopic (exact) mass is 508 g/mol. The zero-order valence-corrected chi connectivity index (χ0v) is 19.9. The molecule has 1 fully saturated rings. The first-order chi connectivity index (χ1) is 16.3. The van der Waals surface area contributed by atoms with Crippen molar-refractivity contribution in [2.45, 2.75) is 18.9 Å². The summed E-state index contributed by atoms with van der Waals surface area (Å²) in [5.41, 5.74) is 0.923. The van der Waals surface area contributed by atoms with Gasteiger partial charge >= 0.3 is 6.18 Å². The molecule has 0 N–H and O–H groups in total. The van der Waals surface area contributed by atoms with Crippen molar-refractivity contribution in [3.63, 3.8) is 0 Å². The topological polar surface area (TPSA) is 32.8 Å². The molecule has 0 saturated carbocycles. The number of nitrogens with zero attached hydrogens (tertiary/aromatic N) is 2. The Labute approximate surface area is 205 Å². The van der Waals surface area contributed by atoms with Crippen molar-refractivity contribution >= 4 is 28.8 Å². The number of piperazine rings is 1. The lowest BCUT2D eigenvalue weighted by atomic mass is 10.1. The van der Waals surface area contributed by atoms with Gasteiger partial charge in [0.25, 0.3) is 5.91 Å². The van der Waals surface area contributed by atoms with Gasteiger partial charge in [0, 0.05) is 37.7 Å². The smallest absolute Gasteiger partial charge is 0.368 e. The molecular weight excluding hydrogens is 485 g/mol. The fourth-order valence-corrected chi connectivity index (χ4v) is 4.66. The third-order valence-corrected chi connectivity index (χ3v) is 6.90. The Morgan fingerprint density at radius 3 is 2.26 bits per heavy atom. The molecule has 9 heteroatoms. The van der Waals surface area contributed by atoms with Gasteiger partial charge in [-0.05, 0) is 46.8 Å². The summed E-state index contributed by atoms with van der Waals surface area (Å²) in [5, 5.41) is 2.51. The van der Waals surface area contributed by atoms with Gasteiger partial charge in [0.05, 0.1) is 23.2 Å². The second-order valence-electron chi connectivity index (χ2n) is 8.12. The van der Waals surface area contributed by atoms with Crippen LogP contribution in [0.5, 0.6) is 0 Å². The number of halogens is 4. The molecule has 2 heterocycles. The fraction of sp³-hybridized carbons (Fsp3) is 0.320. The van der Waals surface area contributed by atoms with Crippen LogP contribution in [0, 0.1) is 0 Å². The third-order valence-electron chi connectivity index (χ3n) is 5.79. The van der Waals surface area contributed by atoms with Crippen LogP contribution in [-0.4, -0.2) is 48.4 Å². The first-order valence-corrected chi connectivity index (χ1v) is 12.1. The highest BCUT2D eigenvalue weighted by atomic mass is 35.5. The standard InChI is InChI=1S/C25H24ClF3N2O2S/c26-21-9-5-19(6-10-21)22(33-17-18-3-7-20(8-4-18)25(27,28)29)16-30-11-13-31(14-12-30)24(32)23-2-1-15-34-23/h1-10,15,22H,11-14,16-17H2/t22-/m0/s1. The van der Waals surface area contributed by atoms with Gasteiger partial charge in [-0.3, -0.25) is 9.69 Å². The lowest BCUT2D eigenvalue weighted by Gasteiger charge is -2.36. The second kappa shape index (κ2) is 10.9. The second-order valence-corrected chi connectivity index (χ2v) is 9.50. The number of carbonyl (C=O) groups excluding carboxylic acids is 1. The van der Waals surface area contributed by atoms with Gasteiger partial charge in [0.2, 0.25) is 0 Å². The van der Waals surface area contributed by atoms with E-state index in [1.54, 1.807) is 12.1 Å². The van der Waals surface area contributed by atoms with Crippen LogP contribution >= 0.6 is 22.9 Å². The van der Waals surface area contributed by atoms with Gasteiger partial charge in [-0.25, -0.2) is 0 Å². The average molecular weight is 509 g/mol. The largest absolute Gasteiger partial charge is 0.416 e. The summed E-state index contributed by atoms with van der Waals surface area (Å²) >= 11 is 7.48. The molecule has 1 aliphatic rings. The highest BCUT2D eigenvalue weighted by Crippen LogP contribution is 2.30. The lowest BCUT2D eigenvalue weighted by molar-refractivity contribution is -0.137. The highest BCUT2D eigenvalue weighted by molar-refractivity contribution is 7.12. The summed E-state index contributed by atoms with van der Waals surface area (Å²) in [6.45, 7) is 3.47. The Morgan fingerprint density at radius 2 is 1.68 bits per heavy atom. The van der Waals surface area contributed by atoms with Crippen LogP contribution in [0.15, 0.2) is 66.0 Å². The first kappa shape index (κ1) is 24.7. The molecule has 0 bridgehead atoms. The summed E-state index contributed by atoms with van der Waals surface area (Å²) in [7, 11) is 0. The van der Waals surface area contributed by atoms with Crippen LogP contribution < -0.4 is 0 Å². The van der Waals surface area contributed by atoms with E-state index in [2.05, 4.69) is 4.90 Å².